The van der Waals surface area contributed by atoms with Crippen molar-refractivity contribution in [3.8, 4) is 0 Å². The zero-order chi connectivity index (χ0) is 17.1. The number of nitrogens with zero attached hydrogens (tertiary/aromatic N) is 1. The molecule has 0 fully saturated rings. The quantitative estimate of drug-likeness (QED) is 0.363. The van der Waals surface area contributed by atoms with E-state index in [0.717, 1.165) is 16.6 Å². The second-order valence-electron chi connectivity index (χ2n) is 4.93. The Labute approximate surface area is 146 Å². The van der Waals surface area contributed by atoms with E-state index in [9.17, 15) is 4.79 Å². The predicted molar refractivity (Wildman–Crippen MR) is 96.6 cm³/mol. The molecule has 23 heavy (non-hydrogen) atoms. The number of benzene rings is 1. The minimum Gasteiger partial charge on any atom is -0.383 e. The molecule has 6 nitrogen and oxygen atoms in total. The van der Waals surface area contributed by atoms with Crippen LogP contribution in [0.3, 0.4) is 0 Å². The third-order valence-electron chi connectivity index (χ3n) is 3.08. The molecule has 1 amide bonds. The number of hydrogen-bond donors (Lipinski definition) is 3. The van der Waals surface area contributed by atoms with Gasteiger partial charge < -0.3 is 20.7 Å². The summed E-state index contributed by atoms with van der Waals surface area (Å²) in [5.41, 5.74) is 1.13. The van der Waals surface area contributed by atoms with Crippen LogP contribution in [-0.2, 0) is 9.53 Å². The van der Waals surface area contributed by atoms with E-state index in [2.05, 4.69) is 36.9 Å². The fourth-order valence-corrected chi connectivity index (χ4v) is 2.56. The summed E-state index contributed by atoms with van der Waals surface area (Å²) in [7, 11) is 1.60. The first kappa shape index (κ1) is 19.4. The van der Waals surface area contributed by atoms with Crippen LogP contribution in [0.25, 0.3) is 0 Å². The van der Waals surface area contributed by atoms with Crippen molar-refractivity contribution < 1.29 is 9.53 Å². The summed E-state index contributed by atoms with van der Waals surface area (Å²) >= 11 is 3.55. The number of rotatable bonds is 8. The zero-order valence-corrected chi connectivity index (χ0v) is 15.4. The van der Waals surface area contributed by atoms with Crippen LogP contribution in [0.15, 0.2) is 33.7 Å². The van der Waals surface area contributed by atoms with E-state index < -0.39 is 0 Å². The number of halogens is 1. The summed E-state index contributed by atoms with van der Waals surface area (Å²) in [6, 6.07) is 8.07. The van der Waals surface area contributed by atoms with E-state index in [1.807, 2.05) is 38.1 Å². The number of nitrogens with one attached hydrogen (secondary N) is 3. The van der Waals surface area contributed by atoms with Gasteiger partial charge in [0.05, 0.1) is 12.6 Å². The van der Waals surface area contributed by atoms with E-state index in [0.29, 0.717) is 19.1 Å². The first-order chi connectivity index (χ1) is 11.1. The normalized spacial score (nSPS) is 12.6. The van der Waals surface area contributed by atoms with E-state index >= 15 is 0 Å². The summed E-state index contributed by atoms with van der Waals surface area (Å²) in [5, 5.41) is 9.19. The molecule has 1 aromatic carbocycles. The lowest BCUT2D eigenvalue weighted by Crippen LogP contribution is -2.40. The highest BCUT2D eigenvalue weighted by atomic mass is 79.9. The lowest BCUT2D eigenvalue weighted by molar-refractivity contribution is -0.119. The van der Waals surface area contributed by atoms with Gasteiger partial charge in [0.1, 0.15) is 6.54 Å². The molecule has 1 aromatic rings. The van der Waals surface area contributed by atoms with Gasteiger partial charge in [0, 0.05) is 24.7 Å². The molecule has 0 bridgehead atoms. The Kier molecular flexibility index (Phi) is 9.31. The summed E-state index contributed by atoms with van der Waals surface area (Å²) < 4.78 is 5.92. The van der Waals surface area contributed by atoms with Crippen LogP contribution < -0.4 is 16.0 Å². The Morgan fingerprint density at radius 1 is 1.35 bits per heavy atom. The number of aliphatic imine (C=N–C) groups is 1. The van der Waals surface area contributed by atoms with Gasteiger partial charge in [-0.2, -0.15) is 0 Å². The Balaban J connectivity index is 2.61. The molecule has 128 valence electrons. The minimum atomic E-state index is -0.132. The molecular formula is C16H25BrN4O2. The van der Waals surface area contributed by atoms with Gasteiger partial charge in [-0.25, -0.2) is 4.99 Å². The molecule has 1 atom stereocenters. The van der Waals surface area contributed by atoms with Gasteiger partial charge in [0.15, 0.2) is 5.96 Å². The second kappa shape index (κ2) is 11.0. The molecule has 0 aliphatic rings. The van der Waals surface area contributed by atoms with Crippen molar-refractivity contribution in [1.82, 2.24) is 16.0 Å². The predicted octanol–water partition coefficient (Wildman–Crippen LogP) is 1.83. The lowest BCUT2D eigenvalue weighted by atomic mass is 10.1. The molecule has 0 heterocycles. The summed E-state index contributed by atoms with van der Waals surface area (Å²) in [6.07, 6.45) is 0. The molecule has 0 saturated heterocycles. The Morgan fingerprint density at radius 3 is 2.74 bits per heavy atom. The monoisotopic (exact) mass is 384 g/mol. The molecule has 0 aliphatic carbocycles. The third-order valence-corrected chi connectivity index (χ3v) is 3.80. The van der Waals surface area contributed by atoms with Gasteiger partial charge in [0.2, 0.25) is 5.91 Å². The number of methoxy groups -OCH3 is 1. The highest BCUT2D eigenvalue weighted by Crippen LogP contribution is 2.22. The summed E-state index contributed by atoms with van der Waals surface area (Å²) in [6.45, 7) is 5.81. The van der Waals surface area contributed by atoms with Gasteiger partial charge in [-0.1, -0.05) is 34.1 Å². The standard InChI is InChI=1S/C16H25BrN4O2/c1-4-18-16(20-11-15(22)19-9-10-23-3)21-12(2)13-7-5-6-8-14(13)17/h5-8,12H,4,9-11H2,1-3H3,(H,19,22)(H2,18,20,21). The van der Waals surface area contributed by atoms with E-state index in [-0.39, 0.29) is 18.5 Å². The second-order valence-corrected chi connectivity index (χ2v) is 5.78. The van der Waals surface area contributed by atoms with E-state index in [1.165, 1.54) is 0 Å². The van der Waals surface area contributed by atoms with Crippen LogP contribution in [0.1, 0.15) is 25.5 Å². The fourth-order valence-electron chi connectivity index (χ4n) is 1.93. The van der Waals surface area contributed by atoms with Gasteiger partial charge >= 0.3 is 0 Å². The lowest BCUT2D eigenvalue weighted by Gasteiger charge is -2.19. The maximum Gasteiger partial charge on any atom is 0.241 e. The minimum absolute atomic E-state index is 0.0555. The van der Waals surface area contributed by atoms with Crippen molar-refractivity contribution in [2.45, 2.75) is 19.9 Å². The van der Waals surface area contributed by atoms with Gasteiger partial charge in [-0.3, -0.25) is 4.79 Å². The molecule has 0 saturated carbocycles. The Bertz CT molecular complexity index is 523. The summed E-state index contributed by atoms with van der Waals surface area (Å²) in [4.78, 5) is 16.0. The molecule has 0 spiro atoms. The van der Waals surface area contributed by atoms with Gasteiger partial charge in [-0.05, 0) is 25.5 Å². The Hall–Kier alpha value is -1.60. The number of amides is 1. The third kappa shape index (κ3) is 7.47. The van der Waals surface area contributed by atoms with Crippen LogP contribution in [0.5, 0.6) is 0 Å². The van der Waals surface area contributed by atoms with Crippen LogP contribution in [0.4, 0.5) is 0 Å². The largest absolute Gasteiger partial charge is 0.383 e. The number of carbonyl (C=O) groups is 1. The van der Waals surface area contributed by atoms with Crippen molar-refractivity contribution in [3.05, 3.63) is 34.3 Å². The molecule has 0 radical (unpaired) electrons. The summed E-state index contributed by atoms with van der Waals surface area (Å²) in [5.74, 6) is 0.477. The first-order valence-electron chi connectivity index (χ1n) is 7.63. The van der Waals surface area contributed by atoms with Crippen molar-refractivity contribution in [1.29, 1.82) is 0 Å². The smallest absolute Gasteiger partial charge is 0.241 e. The number of ether oxygens (including phenoxy) is 1. The van der Waals surface area contributed by atoms with Crippen LogP contribution in [-0.4, -0.2) is 45.2 Å². The molecule has 7 heteroatoms. The first-order valence-corrected chi connectivity index (χ1v) is 8.42. The molecular weight excluding hydrogens is 360 g/mol. The van der Waals surface area contributed by atoms with Crippen molar-refractivity contribution in [3.63, 3.8) is 0 Å². The topological polar surface area (TPSA) is 74.8 Å². The average Bonchev–Trinajstić information content (AvgIpc) is 2.53. The molecule has 1 unspecified atom stereocenters. The number of carbonyl (C=O) groups excluding carboxylic acids is 1. The maximum atomic E-state index is 11.7. The van der Waals surface area contributed by atoms with E-state index in [1.54, 1.807) is 7.11 Å². The zero-order valence-electron chi connectivity index (χ0n) is 13.9. The van der Waals surface area contributed by atoms with E-state index in [4.69, 9.17) is 4.74 Å². The van der Waals surface area contributed by atoms with Crippen LogP contribution >= 0.6 is 15.9 Å². The number of guanidine groups is 1. The maximum absolute atomic E-state index is 11.7. The number of hydrogen-bond acceptors (Lipinski definition) is 3. The molecule has 3 N–H and O–H groups in total. The highest BCUT2D eigenvalue weighted by molar-refractivity contribution is 9.10. The fraction of sp³-hybridized carbons (Fsp3) is 0.500. The SMILES string of the molecule is CCNC(=NCC(=O)NCCOC)NC(C)c1ccccc1Br. The van der Waals surface area contributed by atoms with Crippen LogP contribution in [0, 0.1) is 0 Å². The average molecular weight is 385 g/mol. The Morgan fingerprint density at radius 2 is 2.09 bits per heavy atom. The van der Waals surface area contributed by atoms with Crippen molar-refractivity contribution >= 4 is 27.8 Å². The van der Waals surface area contributed by atoms with Crippen molar-refractivity contribution in [2.75, 3.05) is 33.4 Å². The molecule has 0 aromatic heterocycles. The van der Waals surface area contributed by atoms with Crippen LogP contribution in [0.2, 0.25) is 0 Å². The van der Waals surface area contributed by atoms with Crippen molar-refractivity contribution in [2.24, 2.45) is 4.99 Å². The van der Waals surface area contributed by atoms with Gasteiger partial charge in [0.25, 0.3) is 0 Å². The van der Waals surface area contributed by atoms with Gasteiger partial charge in [-0.15, -0.1) is 0 Å². The molecule has 1 rings (SSSR count). The highest BCUT2D eigenvalue weighted by Gasteiger charge is 2.10. The molecule has 0 aliphatic heterocycles.